The summed E-state index contributed by atoms with van der Waals surface area (Å²) in [7, 11) is 0. The van der Waals surface area contributed by atoms with E-state index in [1.54, 1.807) is 4.90 Å². The topological polar surface area (TPSA) is 46.3 Å². The normalized spacial score (nSPS) is 21.9. The first-order chi connectivity index (χ1) is 9.43. The molecule has 3 nitrogen and oxygen atoms in total. The van der Waals surface area contributed by atoms with Gasteiger partial charge in [-0.15, -0.1) is 12.4 Å². The Morgan fingerprint density at radius 3 is 2.67 bits per heavy atom. The van der Waals surface area contributed by atoms with Gasteiger partial charge in [-0.3, -0.25) is 4.79 Å². The number of carbonyl (C=O) groups excluding carboxylic acids is 1. The highest BCUT2D eigenvalue weighted by Crippen LogP contribution is 2.26. The van der Waals surface area contributed by atoms with Crippen molar-refractivity contribution in [3.05, 3.63) is 32.9 Å². The van der Waals surface area contributed by atoms with Crippen LogP contribution in [0.15, 0.2) is 12.1 Å². The molecule has 21 heavy (non-hydrogen) atoms. The van der Waals surface area contributed by atoms with Gasteiger partial charge in [0.2, 0.25) is 0 Å². The Kier molecular flexibility index (Phi) is 6.80. The maximum absolute atomic E-state index is 13.4. The number of carbonyl (C=O) groups is 1. The summed E-state index contributed by atoms with van der Waals surface area (Å²) in [6.07, 6.45) is 1.75. The van der Waals surface area contributed by atoms with Gasteiger partial charge in [-0.2, -0.15) is 0 Å². The molecule has 1 aliphatic heterocycles. The quantitative estimate of drug-likeness (QED) is 0.579. The summed E-state index contributed by atoms with van der Waals surface area (Å²) in [6.45, 7) is 3.12. The SMILES string of the molecule is CC1CCN(C(=O)c2cc(F)c(F)cc2I)C(CN)C1.Cl. The number of piperidine rings is 1. The van der Waals surface area contributed by atoms with E-state index in [0.717, 1.165) is 25.0 Å². The Hall–Kier alpha value is -0.470. The lowest BCUT2D eigenvalue weighted by Crippen LogP contribution is -2.49. The van der Waals surface area contributed by atoms with Gasteiger partial charge in [0.05, 0.1) is 5.56 Å². The van der Waals surface area contributed by atoms with Gasteiger partial charge in [0.15, 0.2) is 11.6 Å². The minimum atomic E-state index is -0.997. The Labute approximate surface area is 142 Å². The van der Waals surface area contributed by atoms with Crippen molar-refractivity contribution in [1.29, 1.82) is 0 Å². The van der Waals surface area contributed by atoms with Crippen LogP contribution in [-0.4, -0.2) is 29.9 Å². The lowest BCUT2D eigenvalue weighted by Gasteiger charge is -2.38. The molecule has 1 heterocycles. The zero-order chi connectivity index (χ0) is 14.9. The van der Waals surface area contributed by atoms with Crippen LogP contribution in [0.3, 0.4) is 0 Å². The smallest absolute Gasteiger partial charge is 0.255 e. The first-order valence-electron chi connectivity index (χ1n) is 6.59. The maximum atomic E-state index is 13.4. The molecule has 2 rings (SSSR count). The van der Waals surface area contributed by atoms with Crippen LogP contribution in [0.5, 0.6) is 0 Å². The van der Waals surface area contributed by atoms with Crippen molar-refractivity contribution in [2.24, 2.45) is 11.7 Å². The third-order valence-corrected chi connectivity index (χ3v) is 4.64. The van der Waals surface area contributed by atoms with E-state index in [1.165, 1.54) is 0 Å². The number of rotatable bonds is 2. The number of benzene rings is 1. The molecule has 1 aromatic rings. The molecule has 0 aromatic heterocycles. The van der Waals surface area contributed by atoms with E-state index >= 15 is 0 Å². The van der Waals surface area contributed by atoms with E-state index in [4.69, 9.17) is 5.73 Å². The number of hydrogen-bond acceptors (Lipinski definition) is 2. The van der Waals surface area contributed by atoms with E-state index in [9.17, 15) is 13.6 Å². The molecule has 1 aliphatic rings. The molecule has 0 aliphatic carbocycles. The first kappa shape index (κ1) is 18.6. The summed E-state index contributed by atoms with van der Waals surface area (Å²) in [5.74, 6) is -1.68. The molecule has 2 unspecified atom stereocenters. The van der Waals surface area contributed by atoms with Crippen LogP contribution < -0.4 is 5.73 Å². The monoisotopic (exact) mass is 430 g/mol. The fourth-order valence-electron chi connectivity index (χ4n) is 2.58. The van der Waals surface area contributed by atoms with Gasteiger partial charge in [0.1, 0.15) is 0 Å². The predicted molar refractivity (Wildman–Crippen MR) is 88.6 cm³/mol. The van der Waals surface area contributed by atoms with Crippen LogP contribution in [0.25, 0.3) is 0 Å². The largest absolute Gasteiger partial charge is 0.334 e. The average molecular weight is 431 g/mol. The summed E-state index contributed by atoms with van der Waals surface area (Å²) in [6, 6.07) is 1.99. The molecule has 1 fully saturated rings. The fourth-order valence-corrected chi connectivity index (χ4v) is 3.24. The lowest BCUT2D eigenvalue weighted by molar-refractivity contribution is 0.0572. The average Bonchev–Trinajstić information content (AvgIpc) is 2.42. The third-order valence-electron chi connectivity index (χ3n) is 3.75. The molecule has 0 spiro atoms. The van der Waals surface area contributed by atoms with Crippen molar-refractivity contribution in [3.63, 3.8) is 0 Å². The van der Waals surface area contributed by atoms with Crippen LogP contribution >= 0.6 is 35.0 Å². The summed E-state index contributed by atoms with van der Waals surface area (Å²) < 4.78 is 26.9. The Balaban J connectivity index is 0.00000220. The highest BCUT2D eigenvalue weighted by atomic mass is 127. The molecule has 0 bridgehead atoms. The molecule has 7 heteroatoms. The second-order valence-corrected chi connectivity index (χ2v) is 6.43. The van der Waals surface area contributed by atoms with Gasteiger partial charge in [-0.05, 0) is 53.5 Å². The molecule has 0 saturated carbocycles. The molecule has 1 aromatic carbocycles. The second-order valence-electron chi connectivity index (χ2n) is 5.26. The van der Waals surface area contributed by atoms with Crippen LogP contribution in [-0.2, 0) is 0 Å². The summed E-state index contributed by atoms with van der Waals surface area (Å²) in [4.78, 5) is 14.2. The molecule has 2 N–H and O–H groups in total. The van der Waals surface area contributed by atoms with Crippen LogP contribution in [0.4, 0.5) is 8.78 Å². The number of nitrogens with zero attached hydrogens (tertiary/aromatic N) is 1. The number of nitrogens with two attached hydrogens (primary N) is 1. The summed E-state index contributed by atoms with van der Waals surface area (Å²) in [5, 5.41) is 0. The molecular formula is C14H18ClF2IN2O. The minimum absolute atomic E-state index is 0. The highest BCUT2D eigenvalue weighted by Gasteiger charge is 2.30. The molecular weight excluding hydrogens is 413 g/mol. The number of likely N-dealkylation sites (tertiary alicyclic amines) is 1. The van der Waals surface area contributed by atoms with Crippen LogP contribution in [0.2, 0.25) is 0 Å². The molecule has 1 saturated heterocycles. The Bertz CT molecular complexity index is 530. The van der Waals surface area contributed by atoms with Crippen molar-refractivity contribution in [2.75, 3.05) is 13.1 Å². The summed E-state index contributed by atoms with van der Waals surface area (Å²) >= 11 is 1.85. The zero-order valence-electron chi connectivity index (χ0n) is 11.6. The van der Waals surface area contributed by atoms with Crippen LogP contribution in [0.1, 0.15) is 30.1 Å². The minimum Gasteiger partial charge on any atom is -0.334 e. The van der Waals surface area contributed by atoms with E-state index in [1.807, 2.05) is 22.6 Å². The van der Waals surface area contributed by atoms with Crippen molar-refractivity contribution >= 4 is 40.9 Å². The second kappa shape index (κ2) is 7.69. The van der Waals surface area contributed by atoms with E-state index in [-0.39, 0.29) is 29.9 Å². The highest BCUT2D eigenvalue weighted by molar-refractivity contribution is 14.1. The van der Waals surface area contributed by atoms with Gasteiger partial charge in [-0.25, -0.2) is 8.78 Å². The van der Waals surface area contributed by atoms with Gasteiger partial charge in [0, 0.05) is 22.7 Å². The third kappa shape index (κ3) is 4.04. The van der Waals surface area contributed by atoms with E-state index in [0.29, 0.717) is 22.6 Å². The molecule has 2 atom stereocenters. The predicted octanol–water partition coefficient (Wildman–Crippen LogP) is 3.19. The van der Waals surface area contributed by atoms with E-state index < -0.39 is 11.6 Å². The molecule has 1 amide bonds. The van der Waals surface area contributed by atoms with Crippen molar-refractivity contribution < 1.29 is 13.6 Å². The van der Waals surface area contributed by atoms with Gasteiger partial charge in [-0.1, -0.05) is 6.92 Å². The number of halogens is 4. The Morgan fingerprint density at radius 2 is 2.05 bits per heavy atom. The number of hydrogen-bond donors (Lipinski definition) is 1. The van der Waals surface area contributed by atoms with Crippen LogP contribution in [0, 0.1) is 21.1 Å². The Morgan fingerprint density at radius 1 is 1.43 bits per heavy atom. The maximum Gasteiger partial charge on any atom is 0.255 e. The van der Waals surface area contributed by atoms with Crippen molar-refractivity contribution in [3.8, 4) is 0 Å². The molecule has 118 valence electrons. The lowest BCUT2D eigenvalue weighted by atomic mass is 9.92. The molecule has 0 radical (unpaired) electrons. The first-order valence-corrected chi connectivity index (χ1v) is 7.67. The number of amides is 1. The fraction of sp³-hybridized carbons (Fsp3) is 0.500. The van der Waals surface area contributed by atoms with Gasteiger partial charge >= 0.3 is 0 Å². The van der Waals surface area contributed by atoms with Crippen molar-refractivity contribution in [1.82, 2.24) is 4.90 Å². The van der Waals surface area contributed by atoms with Gasteiger partial charge < -0.3 is 10.6 Å². The summed E-state index contributed by atoms with van der Waals surface area (Å²) in [5.41, 5.74) is 5.94. The van der Waals surface area contributed by atoms with Crippen molar-refractivity contribution in [2.45, 2.75) is 25.8 Å². The zero-order valence-corrected chi connectivity index (χ0v) is 14.6. The van der Waals surface area contributed by atoms with Gasteiger partial charge in [0.25, 0.3) is 5.91 Å². The van der Waals surface area contributed by atoms with E-state index in [2.05, 4.69) is 6.92 Å². The standard InChI is InChI=1S/C14H17F2IN2O.ClH/c1-8-2-3-19(9(4-8)7-18)14(20)10-5-11(15)12(16)6-13(10)17;/h5-6,8-9H,2-4,7,18H2,1H3;1H.